The highest BCUT2D eigenvalue weighted by atomic mass is 16.6. The molecule has 0 spiro atoms. The van der Waals surface area contributed by atoms with Gasteiger partial charge in [-0.15, -0.1) is 0 Å². The molecular weight excluding hydrogens is 266 g/mol. The molecule has 0 aliphatic rings. The molecule has 0 aliphatic carbocycles. The van der Waals surface area contributed by atoms with Crippen molar-refractivity contribution in [3.05, 3.63) is 0 Å². The van der Waals surface area contributed by atoms with Crippen molar-refractivity contribution in [1.29, 1.82) is 0 Å². The van der Waals surface area contributed by atoms with Gasteiger partial charge in [-0.3, -0.25) is 0 Å². The number of alkyl carbamates (subject to hydrolysis) is 1. The molecule has 0 radical (unpaired) electrons. The number of rotatable bonds is 7. The molecule has 0 aromatic carbocycles. The summed E-state index contributed by atoms with van der Waals surface area (Å²) in [5.74, 6) is 0.348. The van der Waals surface area contributed by atoms with Gasteiger partial charge in [-0.2, -0.15) is 0 Å². The molecule has 3 N–H and O–H groups in total. The minimum absolute atomic E-state index is 0.0643. The minimum atomic E-state index is -0.463. The number of amides is 1. The Labute approximate surface area is 130 Å². The van der Waals surface area contributed by atoms with E-state index >= 15 is 0 Å². The van der Waals surface area contributed by atoms with E-state index in [2.05, 4.69) is 50.6 Å². The summed E-state index contributed by atoms with van der Waals surface area (Å²) in [6.45, 7) is 18.7. The van der Waals surface area contributed by atoms with Gasteiger partial charge in [0.1, 0.15) is 5.60 Å². The van der Waals surface area contributed by atoms with E-state index in [4.69, 9.17) is 4.74 Å². The molecule has 0 aromatic heterocycles. The number of carbonyl (C=O) groups is 1. The lowest BCUT2D eigenvalue weighted by molar-refractivity contribution is 0.0490. The van der Waals surface area contributed by atoms with Gasteiger partial charge in [0.15, 0.2) is 0 Å². The molecule has 1 atom stereocenters. The molecule has 0 fully saturated rings. The number of hydrogen-bond acceptors (Lipinski definition) is 4. The van der Waals surface area contributed by atoms with Crippen LogP contribution in [0.15, 0.2) is 0 Å². The highest BCUT2D eigenvalue weighted by molar-refractivity contribution is 5.68. The van der Waals surface area contributed by atoms with Gasteiger partial charge >= 0.3 is 6.09 Å². The average Bonchev–Trinajstić information content (AvgIpc) is 2.22. The van der Waals surface area contributed by atoms with Gasteiger partial charge in [-0.05, 0) is 47.5 Å². The lowest BCUT2D eigenvalue weighted by Gasteiger charge is -2.26. The lowest BCUT2D eigenvalue weighted by Crippen LogP contribution is -2.48. The normalized spacial score (nSPS) is 14.1. The van der Waals surface area contributed by atoms with E-state index < -0.39 is 5.60 Å². The SMILES string of the molecule is CC(C)C(CNCCNC(C)(C)C)NC(=O)OC(C)(C)C. The molecule has 0 rings (SSSR count). The van der Waals surface area contributed by atoms with Gasteiger partial charge in [0.25, 0.3) is 0 Å². The topological polar surface area (TPSA) is 62.4 Å². The Morgan fingerprint density at radius 2 is 1.62 bits per heavy atom. The zero-order chi connectivity index (χ0) is 16.7. The summed E-state index contributed by atoms with van der Waals surface area (Å²) in [5.41, 5.74) is -0.330. The molecule has 0 saturated carbocycles. The minimum Gasteiger partial charge on any atom is -0.444 e. The molecule has 1 unspecified atom stereocenters. The molecule has 5 heteroatoms. The van der Waals surface area contributed by atoms with Gasteiger partial charge in [-0.25, -0.2) is 4.79 Å². The third-order valence-corrected chi connectivity index (χ3v) is 2.83. The number of hydrogen-bond donors (Lipinski definition) is 3. The van der Waals surface area contributed by atoms with Gasteiger partial charge in [-0.1, -0.05) is 13.8 Å². The van der Waals surface area contributed by atoms with Crippen molar-refractivity contribution in [1.82, 2.24) is 16.0 Å². The quantitative estimate of drug-likeness (QED) is 0.632. The molecule has 5 nitrogen and oxygen atoms in total. The largest absolute Gasteiger partial charge is 0.444 e. The van der Waals surface area contributed by atoms with Crippen LogP contribution in [0.5, 0.6) is 0 Å². The average molecular weight is 301 g/mol. The van der Waals surface area contributed by atoms with E-state index in [0.29, 0.717) is 5.92 Å². The Morgan fingerprint density at radius 1 is 1.05 bits per heavy atom. The van der Waals surface area contributed by atoms with Crippen molar-refractivity contribution in [2.45, 2.75) is 72.6 Å². The van der Waals surface area contributed by atoms with Crippen molar-refractivity contribution in [2.75, 3.05) is 19.6 Å². The fourth-order valence-corrected chi connectivity index (χ4v) is 1.70. The van der Waals surface area contributed by atoms with Crippen LogP contribution in [0.1, 0.15) is 55.4 Å². The van der Waals surface area contributed by atoms with Crippen molar-refractivity contribution >= 4 is 6.09 Å². The summed E-state index contributed by atoms with van der Waals surface area (Å²) in [6.07, 6.45) is -0.351. The van der Waals surface area contributed by atoms with Crippen LogP contribution < -0.4 is 16.0 Å². The van der Waals surface area contributed by atoms with E-state index in [0.717, 1.165) is 19.6 Å². The van der Waals surface area contributed by atoms with E-state index in [-0.39, 0.29) is 17.7 Å². The Kier molecular flexibility index (Phi) is 8.26. The zero-order valence-corrected chi connectivity index (χ0v) is 15.1. The van der Waals surface area contributed by atoms with Crippen LogP contribution in [0.25, 0.3) is 0 Å². The smallest absolute Gasteiger partial charge is 0.407 e. The van der Waals surface area contributed by atoms with E-state index in [1.54, 1.807) is 0 Å². The number of ether oxygens (including phenoxy) is 1. The third-order valence-electron chi connectivity index (χ3n) is 2.83. The van der Waals surface area contributed by atoms with Crippen molar-refractivity contribution in [3.63, 3.8) is 0 Å². The monoisotopic (exact) mass is 301 g/mol. The first-order chi connectivity index (χ1) is 9.41. The maximum atomic E-state index is 11.8. The maximum absolute atomic E-state index is 11.8. The highest BCUT2D eigenvalue weighted by Gasteiger charge is 2.21. The summed E-state index contributed by atoms with van der Waals surface area (Å²) < 4.78 is 5.30. The fourth-order valence-electron chi connectivity index (χ4n) is 1.70. The van der Waals surface area contributed by atoms with Crippen LogP contribution in [0.2, 0.25) is 0 Å². The standard InChI is InChI=1S/C16H35N3O2/c1-12(2)13(19-14(20)21-16(6,7)8)11-17-9-10-18-15(3,4)5/h12-13,17-18H,9-11H2,1-8H3,(H,19,20). The van der Waals surface area contributed by atoms with Gasteiger partial charge < -0.3 is 20.7 Å². The molecule has 0 heterocycles. The van der Waals surface area contributed by atoms with Crippen molar-refractivity contribution in [2.24, 2.45) is 5.92 Å². The van der Waals surface area contributed by atoms with Gasteiger partial charge in [0.2, 0.25) is 0 Å². The summed E-state index contributed by atoms with van der Waals surface area (Å²) in [4.78, 5) is 11.8. The van der Waals surface area contributed by atoms with Gasteiger partial charge in [0, 0.05) is 31.2 Å². The Balaban J connectivity index is 4.06. The van der Waals surface area contributed by atoms with Crippen LogP contribution >= 0.6 is 0 Å². The third kappa shape index (κ3) is 12.6. The van der Waals surface area contributed by atoms with E-state index in [9.17, 15) is 4.79 Å². The number of carbonyl (C=O) groups excluding carboxylic acids is 1. The van der Waals surface area contributed by atoms with E-state index in [1.165, 1.54) is 0 Å². The Morgan fingerprint density at radius 3 is 2.05 bits per heavy atom. The van der Waals surface area contributed by atoms with Crippen molar-refractivity contribution in [3.8, 4) is 0 Å². The molecule has 0 bridgehead atoms. The van der Waals surface area contributed by atoms with Gasteiger partial charge in [0.05, 0.1) is 0 Å². The summed E-state index contributed by atoms with van der Waals surface area (Å²) >= 11 is 0. The van der Waals surface area contributed by atoms with E-state index in [1.807, 2.05) is 20.8 Å². The van der Waals surface area contributed by atoms with Crippen LogP contribution in [-0.4, -0.2) is 42.9 Å². The van der Waals surface area contributed by atoms with Crippen molar-refractivity contribution < 1.29 is 9.53 Å². The summed E-state index contributed by atoms with van der Waals surface area (Å²) in [7, 11) is 0. The lowest BCUT2D eigenvalue weighted by atomic mass is 10.0. The molecular formula is C16H35N3O2. The highest BCUT2D eigenvalue weighted by Crippen LogP contribution is 2.08. The van der Waals surface area contributed by atoms with Crippen LogP contribution in [0.4, 0.5) is 4.79 Å². The number of nitrogens with one attached hydrogen (secondary N) is 3. The fraction of sp³-hybridized carbons (Fsp3) is 0.938. The molecule has 1 amide bonds. The predicted molar refractivity (Wildman–Crippen MR) is 88.6 cm³/mol. The first-order valence-corrected chi connectivity index (χ1v) is 7.86. The van der Waals surface area contributed by atoms with Crippen LogP contribution in [0.3, 0.4) is 0 Å². The summed E-state index contributed by atoms with van der Waals surface area (Å²) in [6, 6.07) is 0.0643. The second kappa shape index (κ2) is 8.59. The molecule has 0 aromatic rings. The second-order valence-corrected chi connectivity index (χ2v) is 7.88. The molecule has 0 saturated heterocycles. The maximum Gasteiger partial charge on any atom is 0.407 e. The predicted octanol–water partition coefficient (Wildman–Crippen LogP) is 2.51. The molecule has 126 valence electrons. The molecule has 0 aliphatic heterocycles. The first-order valence-electron chi connectivity index (χ1n) is 7.86. The van der Waals surface area contributed by atoms with Crippen LogP contribution in [-0.2, 0) is 4.74 Å². The second-order valence-electron chi connectivity index (χ2n) is 7.88. The first kappa shape index (κ1) is 20.2. The Hall–Kier alpha value is -0.810. The summed E-state index contributed by atoms with van der Waals surface area (Å²) in [5, 5.41) is 9.73. The molecule has 21 heavy (non-hydrogen) atoms. The Bertz CT molecular complexity index is 304. The zero-order valence-electron chi connectivity index (χ0n) is 15.1. The van der Waals surface area contributed by atoms with Crippen LogP contribution in [0, 0.1) is 5.92 Å².